The van der Waals surface area contributed by atoms with Crippen molar-refractivity contribution in [2.75, 3.05) is 6.61 Å². The predicted octanol–water partition coefficient (Wildman–Crippen LogP) is 2.64. The molecule has 4 fully saturated rings. The molecule has 3 saturated carbocycles. The maximum absolute atomic E-state index is 12.9. The largest absolute Gasteiger partial charge is 0.465 e. The Hall–Kier alpha value is -1.96. The van der Waals surface area contributed by atoms with Gasteiger partial charge in [-0.15, -0.1) is 0 Å². The number of cyclic esters (lactones) is 1. The Morgan fingerprint density at radius 1 is 1.09 bits per heavy atom. The third-order valence-corrected chi connectivity index (χ3v) is 10.1. The van der Waals surface area contributed by atoms with E-state index in [1.807, 2.05) is 30.3 Å². The van der Waals surface area contributed by atoms with Gasteiger partial charge in [0, 0.05) is 11.8 Å². The van der Waals surface area contributed by atoms with Gasteiger partial charge in [0.15, 0.2) is 6.10 Å². The van der Waals surface area contributed by atoms with Gasteiger partial charge in [-0.3, -0.25) is 4.79 Å². The molecular weight excluding hydrogens is 448 g/mol. The summed E-state index contributed by atoms with van der Waals surface area (Å²) in [6.45, 7) is 4.60. The van der Waals surface area contributed by atoms with Crippen LogP contribution in [0.5, 0.6) is 0 Å². The molecule has 0 spiro atoms. The smallest absolute Gasteiger partial charge is 0.335 e. The molecule has 10 atom stereocenters. The molecule has 0 amide bonds. The van der Waals surface area contributed by atoms with Crippen molar-refractivity contribution in [3.05, 3.63) is 35.9 Å². The molecule has 5 rings (SSSR count). The van der Waals surface area contributed by atoms with Crippen molar-refractivity contribution in [1.29, 1.82) is 0 Å². The number of ether oxygens (including phenoxy) is 2. The second-order valence-corrected chi connectivity index (χ2v) is 11.9. The Morgan fingerprint density at radius 2 is 1.80 bits per heavy atom. The molecule has 1 saturated heterocycles. The van der Waals surface area contributed by atoms with E-state index in [-0.39, 0.29) is 48.1 Å². The summed E-state index contributed by atoms with van der Waals surface area (Å²) < 4.78 is 11.7. The number of aliphatic hydroxyl groups excluding tert-OH is 3. The highest BCUT2D eigenvalue weighted by atomic mass is 16.6. The van der Waals surface area contributed by atoms with E-state index >= 15 is 0 Å². The summed E-state index contributed by atoms with van der Waals surface area (Å²) in [7, 11) is 0. The van der Waals surface area contributed by atoms with E-state index in [4.69, 9.17) is 9.47 Å². The zero-order valence-corrected chi connectivity index (χ0v) is 20.6. The van der Waals surface area contributed by atoms with Gasteiger partial charge in [-0.2, -0.15) is 0 Å². The van der Waals surface area contributed by atoms with Gasteiger partial charge in [0.2, 0.25) is 0 Å². The summed E-state index contributed by atoms with van der Waals surface area (Å²) >= 11 is 0. The second kappa shape index (κ2) is 9.16. The van der Waals surface area contributed by atoms with Crippen LogP contribution in [0.2, 0.25) is 0 Å². The van der Waals surface area contributed by atoms with Crippen molar-refractivity contribution in [2.45, 2.75) is 83.2 Å². The van der Waals surface area contributed by atoms with Crippen LogP contribution >= 0.6 is 0 Å². The third kappa shape index (κ3) is 4.19. The molecule has 1 aromatic carbocycles. The van der Waals surface area contributed by atoms with E-state index < -0.39 is 35.6 Å². The molecule has 3 N–H and O–H groups in total. The first-order valence-corrected chi connectivity index (χ1v) is 13.1. The first kappa shape index (κ1) is 24.7. The van der Waals surface area contributed by atoms with Gasteiger partial charge in [0.1, 0.15) is 6.10 Å². The summed E-state index contributed by atoms with van der Waals surface area (Å²) in [5, 5.41) is 31.3. The van der Waals surface area contributed by atoms with Crippen LogP contribution in [0.25, 0.3) is 0 Å². The number of carbonyl (C=O) groups excluding carboxylic acids is 2. The number of esters is 2. The molecule has 1 aromatic rings. The zero-order chi connectivity index (χ0) is 25.0. The molecule has 0 unspecified atom stereocenters. The van der Waals surface area contributed by atoms with Crippen LogP contribution in [0.1, 0.15) is 57.9 Å². The van der Waals surface area contributed by atoms with Gasteiger partial charge in [-0.05, 0) is 67.3 Å². The zero-order valence-electron chi connectivity index (χ0n) is 20.6. The molecule has 1 aliphatic heterocycles. The minimum Gasteiger partial charge on any atom is -0.465 e. The number of carbonyl (C=O) groups is 2. The van der Waals surface area contributed by atoms with Gasteiger partial charge in [0.05, 0.1) is 24.7 Å². The number of aliphatic hydroxyl groups is 3. The summed E-state index contributed by atoms with van der Waals surface area (Å²) in [6, 6.07) is 9.42. The average Bonchev–Trinajstić information content (AvgIpc) is 3.11. The molecule has 0 aromatic heterocycles. The summed E-state index contributed by atoms with van der Waals surface area (Å²) in [4.78, 5) is 25.8. The Balaban J connectivity index is 1.32. The van der Waals surface area contributed by atoms with Gasteiger partial charge < -0.3 is 24.8 Å². The minimum absolute atomic E-state index is 0.119. The maximum atomic E-state index is 12.9. The number of hydrogen-bond donors (Lipinski definition) is 3. The topological polar surface area (TPSA) is 113 Å². The first-order chi connectivity index (χ1) is 16.6. The lowest BCUT2D eigenvalue weighted by Crippen LogP contribution is -2.55. The van der Waals surface area contributed by atoms with E-state index in [2.05, 4.69) is 13.8 Å². The van der Waals surface area contributed by atoms with Gasteiger partial charge in [-0.25, -0.2) is 4.79 Å². The highest BCUT2D eigenvalue weighted by Crippen LogP contribution is 2.63. The fourth-order valence-electron chi connectivity index (χ4n) is 8.07. The number of benzene rings is 1. The quantitative estimate of drug-likeness (QED) is 0.561. The predicted molar refractivity (Wildman–Crippen MR) is 127 cm³/mol. The molecule has 3 aliphatic carbocycles. The monoisotopic (exact) mass is 486 g/mol. The van der Waals surface area contributed by atoms with Crippen LogP contribution in [0, 0.1) is 34.5 Å². The Morgan fingerprint density at radius 3 is 2.54 bits per heavy atom. The Kier molecular flexibility index (Phi) is 6.47. The lowest BCUT2D eigenvalue weighted by Gasteiger charge is -2.55. The van der Waals surface area contributed by atoms with E-state index in [1.54, 1.807) is 0 Å². The van der Waals surface area contributed by atoms with Gasteiger partial charge >= 0.3 is 11.9 Å². The highest BCUT2D eigenvalue weighted by molar-refractivity contribution is 5.75. The molecule has 1 heterocycles. The fraction of sp³-hybridized carbons (Fsp3) is 0.714. The van der Waals surface area contributed by atoms with Crippen LogP contribution in [-0.2, 0) is 25.5 Å². The normalized spacial score (nSPS) is 43.7. The minimum atomic E-state index is -1.20. The lowest BCUT2D eigenvalue weighted by atomic mass is 9.49. The molecule has 0 radical (unpaired) electrons. The molecule has 0 bridgehead atoms. The van der Waals surface area contributed by atoms with Crippen molar-refractivity contribution in [2.24, 2.45) is 34.5 Å². The van der Waals surface area contributed by atoms with Gasteiger partial charge in [-0.1, -0.05) is 44.2 Å². The molecule has 35 heavy (non-hydrogen) atoms. The van der Waals surface area contributed by atoms with Crippen LogP contribution in [-0.4, -0.2) is 58.3 Å². The van der Waals surface area contributed by atoms with Crippen LogP contribution < -0.4 is 0 Å². The van der Waals surface area contributed by atoms with E-state index in [0.717, 1.165) is 31.2 Å². The van der Waals surface area contributed by atoms with Crippen LogP contribution in [0.4, 0.5) is 0 Å². The molecule has 7 nitrogen and oxygen atoms in total. The second-order valence-electron chi connectivity index (χ2n) is 11.9. The number of rotatable bonds is 4. The highest BCUT2D eigenvalue weighted by Gasteiger charge is 2.63. The fourth-order valence-corrected chi connectivity index (χ4v) is 8.07. The lowest BCUT2D eigenvalue weighted by molar-refractivity contribution is -0.171. The molecular formula is C28H38O7. The van der Waals surface area contributed by atoms with E-state index in [9.17, 15) is 24.9 Å². The summed E-state index contributed by atoms with van der Waals surface area (Å²) in [5.74, 6) is -0.724. The van der Waals surface area contributed by atoms with Gasteiger partial charge in [0.25, 0.3) is 0 Å². The molecule has 192 valence electrons. The van der Waals surface area contributed by atoms with Crippen molar-refractivity contribution < 1.29 is 34.4 Å². The van der Waals surface area contributed by atoms with Crippen molar-refractivity contribution in [1.82, 2.24) is 0 Å². The maximum Gasteiger partial charge on any atom is 0.335 e. The van der Waals surface area contributed by atoms with Crippen molar-refractivity contribution in [3.8, 4) is 0 Å². The van der Waals surface area contributed by atoms with Crippen LogP contribution in [0.15, 0.2) is 30.3 Å². The third-order valence-electron chi connectivity index (χ3n) is 10.1. The number of hydrogen-bond acceptors (Lipinski definition) is 7. The Bertz CT molecular complexity index is 950. The molecule has 4 aliphatic rings. The summed E-state index contributed by atoms with van der Waals surface area (Å²) in [6.07, 6.45) is 0.925. The van der Waals surface area contributed by atoms with E-state index in [0.29, 0.717) is 13.0 Å². The van der Waals surface area contributed by atoms with E-state index in [1.165, 1.54) is 0 Å². The van der Waals surface area contributed by atoms with Crippen molar-refractivity contribution in [3.63, 3.8) is 0 Å². The average molecular weight is 487 g/mol. The molecule has 7 heteroatoms. The summed E-state index contributed by atoms with van der Waals surface area (Å²) in [5.41, 5.74) is 0.202. The SMILES string of the molecule is C[C@]12C[C@@H](O)[C@@H](O)C[C@@H]1C(=O)OC[C@@H]1[C@@H]2CC[C@]2(C)[C@@H](OC(=O)[C@H](O)Cc3ccccc3)CC[C@@H]12. The number of fused-ring (bicyclic) bond motifs is 5. The standard InChI is InChI=1S/C28H38O7/c1-27-11-10-19-17(15-34-25(32)20-13-21(29)23(31)14-28(19,20)2)18(27)8-9-24(27)35-26(33)22(30)12-16-6-4-3-5-7-16/h3-7,17-24,29-31H,8-15H2,1-2H3/t17-,18-,19-,20+,21-,22+,23+,24-,27-,28+/m0/s1. The van der Waals surface area contributed by atoms with Crippen molar-refractivity contribution >= 4 is 11.9 Å². The van der Waals surface area contributed by atoms with Crippen LogP contribution in [0.3, 0.4) is 0 Å². The Labute approximate surface area is 206 Å². The first-order valence-electron chi connectivity index (χ1n) is 13.1.